The Kier molecular flexibility index (Phi) is 5.58. The van der Waals surface area contributed by atoms with Crippen molar-refractivity contribution in [1.29, 1.82) is 0 Å². The van der Waals surface area contributed by atoms with Crippen LogP contribution in [0, 0.1) is 13.8 Å². The Morgan fingerprint density at radius 3 is 2.32 bits per heavy atom. The molecule has 2 heterocycles. The van der Waals surface area contributed by atoms with E-state index in [4.69, 9.17) is 0 Å². The summed E-state index contributed by atoms with van der Waals surface area (Å²) in [5.74, 6) is 0.208. The second-order valence-corrected chi connectivity index (χ2v) is 7.00. The van der Waals surface area contributed by atoms with Crippen LogP contribution in [0.4, 0.5) is 5.69 Å². The third-order valence-corrected chi connectivity index (χ3v) is 5.46. The molecule has 0 radical (unpaired) electrons. The third-order valence-electron chi connectivity index (χ3n) is 5.46. The molecule has 0 unspecified atom stereocenters. The van der Waals surface area contributed by atoms with Crippen molar-refractivity contribution in [3.05, 3.63) is 29.3 Å². The molecule has 1 aromatic rings. The van der Waals surface area contributed by atoms with Crippen molar-refractivity contribution in [2.75, 3.05) is 63.8 Å². The Balaban J connectivity index is 1.49. The van der Waals surface area contributed by atoms with Gasteiger partial charge in [0.1, 0.15) is 0 Å². The lowest BCUT2D eigenvalue weighted by Gasteiger charge is -2.38. The van der Waals surface area contributed by atoms with Crippen LogP contribution < -0.4 is 4.90 Å². The number of rotatable bonds is 4. The molecular weight excluding hydrogens is 316 g/mol. The van der Waals surface area contributed by atoms with E-state index in [2.05, 4.69) is 41.8 Å². The molecule has 0 atom stereocenters. The number of anilines is 1. The Bertz CT molecular complexity index is 618. The first kappa shape index (κ1) is 17.7. The van der Waals surface area contributed by atoms with Crippen molar-refractivity contribution in [2.24, 2.45) is 0 Å². The van der Waals surface area contributed by atoms with Crippen molar-refractivity contribution in [3.8, 4) is 0 Å². The zero-order chi connectivity index (χ0) is 17.8. The molecule has 2 amide bonds. The monoisotopic (exact) mass is 344 g/mol. The number of piperazine rings is 2. The van der Waals surface area contributed by atoms with Crippen LogP contribution in [0.1, 0.15) is 11.1 Å². The van der Waals surface area contributed by atoms with Gasteiger partial charge in [-0.2, -0.15) is 0 Å². The fourth-order valence-electron chi connectivity index (χ4n) is 3.59. The molecular formula is C19H28N4O2. The number of carbonyl (C=O) groups is 2. The first-order valence-electron chi connectivity index (χ1n) is 9.09. The maximum absolute atomic E-state index is 12.6. The average molecular weight is 344 g/mol. The van der Waals surface area contributed by atoms with Crippen molar-refractivity contribution in [2.45, 2.75) is 13.8 Å². The lowest BCUT2D eigenvalue weighted by atomic mass is 10.1. The summed E-state index contributed by atoms with van der Waals surface area (Å²) in [6.07, 6.45) is 0.895. The van der Waals surface area contributed by atoms with Gasteiger partial charge < -0.3 is 14.7 Å². The smallest absolute Gasteiger partial charge is 0.236 e. The zero-order valence-corrected chi connectivity index (χ0v) is 15.3. The molecule has 25 heavy (non-hydrogen) atoms. The predicted octanol–water partition coefficient (Wildman–Crippen LogP) is 0.726. The Hall–Kier alpha value is -2.08. The van der Waals surface area contributed by atoms with Crippen LogP contribution in [0.15, 0.2) is 18.2 Å². The van der Waals surface area contributed by atoms with Gasteiger partial charge in [0.15, 0.2) is 0 Å². The third kappa shape index (κ3) is 4.12. The maximum Gasteiger partial charge on any atom is 0.236 e. The number of hydrogen-bond donors (Lipinski definition) is 0. The van der Waals surface area contributed by atoms with Gasteiger partial charge in [0, 0.05) is 58.0 Å². The predicted molar refractivity (Wildman–Crippen MR) is 98.8 cm³/mol. The van der Waals surface area contributed by atoms with E-state index in [0.717, 1.165) is 58.8 Å². The van der Waals surface area contributed by atoms with E-state index < -0.39 is 0 Å². The van der Waals surface area contributed by atoms with Gasteiger partial charge in [-0.05, 0) is 31.0 Å². The average Bonchev–Trinajstić information content (AvgIpc) is 2.65. The number of amides is 2. The highest BCUT2D eigenvalue weighted by atomic mass is 16.2. The minimum Gasteiger partial charge on any atom is -0.368 e. The second kappa shape index (κ2) is 7.87. The summed E-state index contributed by atoms with van der Waals surface area (Å²) in [5, 5.41) is 0. The van der Waals surface area contributed by atoms with Gasteiger partial charge in [0.2, 0.25) is 12.3 Å². The topological polar surface area (TPSA) is 47.1 Å². The Labute approximate surface area is 150 Å². The van der Waals surface area contributed by atoms with E-state index in [9.17, 15) is 9.59 Å². The number of aryl methyl sites for hydroxylation is 1. The largest absolute Gasteiger partial charge is 0.368 e. The molecule has 2 saturated heterocycles. The van der Waals surface area contributed by atoms with Gasteiger partial charge in [-0.3, -0.25) is 14.5 Å². The maximum atomic E-state index is 12.6. The number of hydrogen-bond acceptors (Lipinski definition) is 4. The highest BCUT2D eigenvalue weighted by Gasteiger charge is 2.25. The minimum absolute atomic E-state index is 0.208. The fourth-order valence-corrected chi connectivity index (χ4v) is 3.59. The summed E-state index contributed by atoms with van der Waals surface area (Å²) in [7, 11) is 0. The molecule has 6 heteroatoms. The summed E-state index contributed by atoms with van der Waals surface area (Å²) < 4.78 is 0. The molecule has 0 aliphatic carbocycles. The molecule has 2 aliphatic heterocycles. The first-order valence-corrected chi connectivity index (χ1v) is 9.09. The molecule has 0 N–H and O–H groups in total. The molecule has 0 saturated carbocycles. The molecule has 6 nitrogen and oxygen atoms in total. The van der Waals surface area contributed by atoms with Gasteiger partial charge >= 0.3 is 0 Å². The summed E-state index contributed by atoms with van der Waals surface area (Å²) in [5.41, 5.74) is 3.93. The molecule has 0 aromatic heterocycles. The minimum atomic E-state index is 0.208. The van der Waals surface area contributed by atoms with Gasteiger partial charge in [0.25, 0.3) is 0 Å². The van der Waals surface area contributed by atoms with E-state index in [1.54, 1.807) is 4.90 Å². The van der Waals surface area contributed by atoms with E-state index >= 15 is 0 Å². The lowest BCUT2D eigenvalue weighted by Crippen LogP contribution is -2.53. The lowest BCUT2D eigenvalue weighted by molar-refractivity contribution is -0.133. The van der Waals surface area contributed by atoms with Crippen LogP contribution in [-0.2, 0) is 9.59 Å². The Morgan fingerprint density at radius 2 is 1.68 bits per heavy atom. The van der Waals surface area contributed by atoms with Gasteiger partial charge in [-0.25, -0.2) is 0 Å². The van der Waals surface area contributed by atoms with Crippen LogP contribution in [0.2, 0.25) is 0 Å². The molecule has 136 valence electrons. The molecule has 3 rings (SSSR count). The number of nitrogens with zero attached hydrogens (tertiary/aromatic N) is 4. The highest BCUT2D eigenvalue weighted by molar-refractivity contribution is 5.78. The van der Waals surface area contributed by atoms with Crippen molar-refractivity contribution < 1.29 is 9.59 Å². The number of carbonyl (C=O) groups excluding carboxylic acids is 2. The fraction of sp³-hybridized carbons (Fsp3) is 0.579. The van der Waals surface area contributed by atoms with E-state index in [1.807, 2.05) is 4.90 Å². The molecule has 0 spiro atoms. The summed E-state index contributed by atoms with van der Waals surface area (Å²) in [6, 6.07) is 6.42. The van der Waals surface area contributed by atoms with Crippen LogP contribution in [0.5, 0.6) is 0 Å². The van der Waals surface area contributed by atoms with Gasteiger partial charge in [-0.1, -0.05) is 12.1 Å². The van der Waals surface area contributed by atoms with Crippen LogP contribution in [-0.4, -0.2) is 85.9 Å². The second-order valence-electron chi connectivity index (χ2n) is 7.00. The van der Waals surface area contributed by atoms with E-state index in [-0.39, 0.29) is 5.91 Å². The van der Waals surface area contributed by atoms with Crippen LogP contribution in [0.3, 0.4) is 0 Å². The van der Waals surface area contributed by atoms with Gasteiger partial charge in [0.05, 0.1) is 6.54 Å². The Morgan fingerprint density at radius 1 is 1.00 bits per heavy atom. The van der Waals surface area contributed by atoms with Crippen LogP contribution in [0.25, 0.3) is 0 Å². The first-order chi connectivity index (χ1) is 12.1. The summed E-state index contributed by atoms with van der Waals surface area (Å²) in [4.78, 5) is 31.6. The van der Waals surface area contributed by atoms with E-state index in [1.165, 1.54) is 16.8 Å². The standard InChI is InChI=1S/C19H28N4O2/c1-16-4-3-5-18(17(16)2)22-10-12-23(13-11-22)19(25)14-20-6-8-21(15-24)9-7-20/h3-5,15H,6-14H2,1-2H3. The summed E-state index contributed by atoms with van der Waals surface area (Å²) in [6.45, 7) is 11.1. The molecule has 2 aliphatic rings. The van der Waals surface area contributed by atoms with Crippen molar-refractivity contribution >= 4 is 18.0 Å². The molecule has 2 fully saturated rings. The highest BCUT2D eigenvalue weighted by Crippen LogP contribution is 2.23. The normalized spacial score (nSPS) is 19.2. The van der Waals surface area contributed by atoms with Crippen molar-refractivity contribution in [1.82, 2.24) is 14.7 Å². The summed E-state index contributed by atoms with van der Waals surface area (Å²) >= 11 is 0. The quantitative estimate of drug-likeness (QED) is 0.756. The molecule has 0 bridgehead atoms. The van der Waals surface area contributed by atoms with E-state index in [0.29, 0.717) is 6.54 Å². The SMILES string of the molecule is Cc1cccc(N2CCN(C(=O)CN3CCN(C=O)CC3)CC2)c1C. The van der Waals surface area contributed by atoms with Gasteiger partial charge in [-0.15, -0.1) is 0 Å². The zero-order valence-electron chi connectivity index (χ0n) is 15.3. The van der Waals surface area contributed by atoms with Crippen LogP contribution >= 0.6 is 0 Å². The van der Waals surface area contributed by atoms with Crippen molar-refractivity contribution in [3.63, 3.8) is 0 Å². The number of benzene rings is 1. The molecule has 1 aromatic carbocycles.